The van der Waals surface area contributed by atoms with E-state index in [-0.39, 0.29) is 5.03 Å². The summed E-state index contributed by atoms with van der Waals surface area (Å²) in [6.07, 6.45) is 1.55. The molecular formula is C15H10ClF2NO4S2. The third-order valence-electron chi connectivity index (χ3n) is 3.67. The fourth-order valence-corrected chi connectivity index (χ4v) is 3.69. The van der Waals surface area contributed by atoms with Gasteiger partial charge in [-0.3, -0.25) is 0 Å². The van der Waals surface area contributed by atoms with Gasteiger partial charge in [-0.25, -0.2) is 0 Å². The van der Waals surface area contributed by atoms with Crippen LogP contribution in [0.3, 0.4) is 0 Å². The van der Waals surface area contributed by atoms with Crippen molar-refractivity contribution in [3.8, 4) is 0 Å². The number of anilines is 1. The highest BCUT2D eigenvalue weighted by molar-refractivity contribution is 7.86. The summed E-state index contributed by atoms with van der Waals surface area (Å²) in [6, 6.07) is 8.25. The molecule has 5 nitrogen and oxygen atoms in total. The lowest BCUT2D eigenvalue weighted by atomic mass is 10.00. The van der Waals surface area contributed by atoms with Gasteiger partial charge in [0.25, 0.3) is 0 Å². The summed E-state index contributed by atoms with van der Waals surface area (Å²) >= 11 is 6.17. The zero-order valence-corrected chi connectivity index (χ0v) is 14.7. The summed E-state index contributed by atoms with van der Waals surface area (Å²) in [4.78, 5) is -0.962. The molecule has 0 aromatic heterocycles. The Morgan fingerprint density at radius 3 is 2.00 bits per heavy atom. The SMILES string of the molecule is O=S(=O)(F)c1ccc(C2C=C(Cl)c3cc(S(=O)(=O)F)ccc3N2)cc1. The van der Waals surface area contributed by atoms with E-state index in [1.54, 1.807) is 6.08 Å². The number of nitrogens with one attached hydrogen (secondary N) is 1. The minimum Gasteiger partial charge on any atom is -0.374 e. The Bertz CT molecular complexity index is 1080. The normalized spacial score (nSPS) is 17.4. The first-order valence-corrected chi connectivity index (χ1v) is 9.98. The van der Waals surface area contributed by atoms with E-state index in [2.05, 4.69) is 5.32 Å². The van der Waals surface area contributed by atoms with Gasteiger partial charge in [-0.1, -0.05) is 23.7 Å². The van der Waals surface area contributed by atoms with E-state index in [0.717, 1.165) is 24.3 Å². The summed E-state index contributed by atoms with van der Waals surface area (Å²) in [5.41, 5.74) is 1.41. The van der Waals surface area contributed by atoms with Crippen LogP contribution in [0.25, 0.3) is 5.03 Å². The highest BCUT2D eigenvalue weighted by Crippen LogP contribution is 2.38. The van der Waals surface area contributed by atoms with Gasteiger partial charge in [0, 0.05) is 16.3 Å². The fourth-order valence-electron chi connectivity index (χ4n) is 2.46. The maximum absolute atomic E-state index is 13.1. The van der Waals surface area contributed by atoms with Crippen LogP contribution in [0.2, 0.25) is 0 Å². The second-order valence-electron chi connectivity index (χ2n) is 5.29. The van der Waals surface area contributed by atoms with Crippen LogP contribution in [0.1, 0.15) is 17.2 Å². The third-order valence-corrected chi connectivity index (χ3v) is 5.66. The molecular weight excluding hydrogens is 396 g/mol. The second kappa shape index (κ2) is 6.08. The zero-order valence-electron chi connectivity index (χ0n) is 12.3. The highest BCUT2D eigenvalue weighted by atomic mass is 35.5. The van der Waals surface area contributed by atoms with E-state index < -0.39 is 36.3 Å². The van der Waals surface area contributed by atoms with Crippen molar-refractivity contribution in [3.63, 3.8) is 0 Å². The number of fused-ring (bicyclic) bond motifs is 1. The predicted octanol–water partition coefficient (Wildman–Crippen LogP) is 3.75. The van der Waals surface area contributed by atoms with Gasteiger partial charge in [0.15, 0.2) is 0 Å². The van der Waals surface area contributed by atoms with Crippen molar-refractivity contribution in [1.82, 2.24) is 0 Å². The number of benzene rings is 2. The van der Waals surface area contributed by atoms with Crippen LogP contribution in [0.15, 0.2) is 58.3 Å². The van der Waals surface area contributed by atoms with E-state index in [4.69, 9.17) is 11.6 Å². The van der Waals surface area contributed by atoms with Gasteiger partial charge in [0.05, 0.1) is 15.8 Å². The average Bonchev–Trinajstić information content (AvgIpc) is 2.53. The molecule has 10 heteroatoms. The van der Waals surface area contributed by atoms with Gasteiger partial charge in [-0.2, -0.15) is 16.8 Å². The van der Waals surface area contributed by atoms with Gasteiger partial charge in [-0.05, 0) is 42.0 Å². The van der Waals surface area contributed by atoms with Crippen LogP contribution in [-0.4, -0.2) is 16.8 Å². The lowest BCUT2D eigenvalue weighted by Crippen LogP contribution is -2.14. The Morgan fingerprint density at radius 2 is 1.44 bits per heavy atom. The van der Waals surface area contributed by atoms with Crippen molar-refractivity contribution >= 4 is 42.8 Å². The molecule has 0 amide bonds. The Morgan fingerprint density at radius 1 is 0.880 bits per heavy atom. The Labute approximate surface area is 148 Å². The third kappa shape index (κ3) is 3.68. The van der Waals surface area contributed by atoms with Crippen LogP contribution < -0.4 is 5.32 Å². The maximum atomic E-state index is 13.1. The van der Waals surface area contributed by atoms with Crippen LogP contribution >= 0.6 is 11.6 Å². The summed E-state index contributed by atoms with van der Waals surface area (Å²) in [6.45, 7) is 0. The van der Waals surface area contributed by atoms with Gasteiger partial charge >= 0.3 is 20.4 Å². The first-order chi connectivity index (χ1) is 11.6. The Kier molecular flexibility index (Phi) is 4.34. The van der Waals surface area contributed by atoms with E-state index >= 15 is 0 Å². The van der Waals surface area contributed by atoms with E-state index in [0.29, 0.717) is 16.8 Å². The lowest BCUT2D eigenvalue weighted by molar-refractivity contribution is 0.550. The predicted molar refractivity (Wildman–Crippen MR) is 89.7 cm³/mol. The molecule has 1 atom stereocenters. The van der Waals surface area contributed by atoms with Crippen molar-refractivity contribution in [2.24, 2.45) is 0 Å². The largest absolute Gasteiger partial charge is 0.374 e. The molecule has 3 rings (SSSR count). The quantitative estimate of drug-likeness (QED) is 0.786. The highest BCUT2D eigenvalue weighted by Gasteiger charge is 2.22. The van der Waals surface area contributed by atoms with Gasteiger partial charge in [0.1, 0.15) is 0 Å². The van der Waals surface area contributed by atoms with Gasteiger partial charge in [-0.15, -0.1) is 7.77 Å². The smallest absolute Gasteiger partial charge is 0.332 e. The molecule has 132 valence electrons. The number of halogens is 3. The molecule has 2 aromatic rings. The molecule has 0 radical (unpaired) electrons. The molecule has 0 spiro atoms. The monoisotopic (exact) mass is 405 g/mol. The number of hydrogen-bond acceptors (Lipinski definition) is 5. The van der Waals surface area contributed by atoms with E-state index in [9.17, 15) is 24.6 Å². The lowest BCUT2D eigenvalue weighted by Gasteiger charge is -2.25. The van der Waals surface area contributed by atoms with Gasteiger partial charge in [0.2, 0.25) is 0 Å². The average molecular weight is 406 g/mol. The van der Waals surface area contributed by atoms with Crippen LogP contribution in [-0.2, 0) is 20.4 Å². The first-order valence-electron chi connectivity index (χ1n) is 6.83. The maximum Gasteiger partial charge on any atom is 0.332 e. The van der Waals surface area contributed by atoms with Crippen molar-refractivity contribution in [3.05, 3.63) is 59.7 Å². The molecule has 0 aliphatic carbocycles. The molecule has 25 heavy (non-hydrogen) atoms. The molecule has 1 unspecified atom stereocenters. The van der Waals surface area contributed by atoms with Crippen molar-refractivity contribution in [2.75, 3.05) is 5.32 Å². The Balaban J connectivity index is 1.97. The molecule has 0 bridgehead atoms. The summed E-state index contributed by atoms with van der Waals surface area (Å²) in [5, 5.41) is 3.26. The Hall–Kier alpha value is -1.97. The van der Waals surface area contributed by atoms with E-state index in [1.807, 2.05) is 0 Å². The second-order valence-corrected chi connectivity index (χ2v) is 8.39. The number of rotatable bonds is 3. The van der Waals surface area contributed by atoms with Crippen LogP contribution in [0.4, 0.5) is 13.5 Å². The van der Waals surface area contributed by atoms with Crippen molar-refractivity contribution < 1.29 is 24.6 Å². The summed E-state index contributed by atoms with van der Waals surface area (Å²) < 4.78 is 69.7. The van der Waals surface area contributed by atoms with Crippen LogP contribution in [0, 0.1) is 0 Å². The van der Waals surface area contributed by atoms with Gasteiger partial charge < -0.3 is 5.32 Å². The topological polar surface area (TPSA) is 80.3 Å². The standard InChI is InChI=1S/C15H10ClF2NO4S2/c16-13-8-15(9-1-3-10(4-2-9)24(17,20)21)19-14-6-5-11(7-12(13)14)25(18,22)23/h1-8,15,19H. The minimum atomic E-state index is -4.85. The van der Waals surface area contributed by atoms with Crippen molar-refractivity contribution in [2.45, 2.75) is 15.8 Å². The molecule has 0 saturated heterocycles. The van der Waals surface area contributed by atoms with Crippen molar-refractivity contribution in [1.29, 1.82) is 0 Å². The molecule has 0 saturated carbocycles. The molecule has 1 aliphatic heterocycles. The summed E-state index contributed by atoms with van der Waals surface area (Å²) in [5.74, 6) is 0. The minimum absolute atomic E-state index is 0.200. The molecule has 1 heterocycles. The van der Waals surface area contributed by atoms with E-state index in [1.165, 1.54) is 18.2 Å². The molecule has 1 aliphatic rings. The fraction of sp³-hybridized carbons (Fsp3) is 0.0667. The molecule has 0 fully saturated rings. The summed E-state index contributed by atoms with van der Waals surface area (Å²) in [7, 11) is -9.63. The molecule has 1 N–H and O–H groups in total. The molecule has 2 aromatic carbocycles. The first kappa shape index (κ1) is 17.8. The van der Waals surface area contributed by atoms with Crippen LogP contribution in [0.5, 0.6) is 0 Å². The number of hydrogen-bond donors (Lipinski definition) is 1. The zero-order chi connectivity index (χ0) is 18.4.